The highest BCUT2D eigenvalue weighted by atomic mass is 31.2. The van der Waals surface area contributed by atoms with E-state index in [4.69, 9.17) is 9.05 Å². The molecule has 384 valence electrons. The fourth-order valence-electron chi connectivity index (χ4n) is 8.18. The van der Waals surface area contributed by atoms with Crippen molar-refractivity contribution in [3.05, 3.63) is 36.5 Å². The lowest BCUT2D eigenvalue weighted by molar-refractivity contribution is -0.870. The molecule has 0 saturated heterocycles. The van der Waals surface area contributed by atoms with Gasteiger partial charge in [-0.3, -0.25) is 9.36 Å². The highest BCUT2D eigenvalue weighted by molar-refractivity contribution is 7.45. The zero-order valence-electron chi connectivity index (χ0n) is 43.7. The summed E-state index contributed by atoms with van der Waals surface area (Å²) in [6.45, 7) is 4.66. The van der Waals surface area contributed by atoms with Gasteiger partial charge in [-0.1, -0.05) is 243 Å². The minimum Gasteiger partial charge on any atom is -0.756 e. The van der Waals surface area contributed by atoms with Gasteiger partial charge in [-0.05, 0) is 51.4 Å². The SMILES string of the molecule is CCCCCCCCCCC/C=C\C/C=C\CCCCCCCCCCCCCCCC(=O)NC(COP(=O)([O-])OCC[N+](C)(C)C)C(O)/C=C/CCCCCCCCCCCCCC. The molecule has 0 aromatic carbocycles. The Hall–Kier alpha value is -1.28. The number of aliphatic hydroxyl groups excluding tert-OH is 1. The van der Waals surface area contributed by atoms with Crippen molar-refractivity contribution in [3.63, 3.8) is 0 Å². The number of unbranched alkanes of at least 4 members (excludes halogenated alkanes) is 34. The van der Waals surface area contributed by atoms with Crippen LogP contribution in [0.5, 0.6) is 0 Å². The Morgan fingerprint density at radius 2 is 0.892 bits per heavy atom. The average Bonchev–Trinajstić information content (AvgIpc) is 3.26. The lowest BCUT2D eigenvalue weighted by atomic mass is 10.0. The van der Waals surface area contributed by atoms with Crippen LogP contribution in [0.3, 0.4) is 0 Å². The van der Waals surface area contributed by atoms with Gasteiger partial charge in [0.05, 0.1) is 39.9 Å². The molecule has 8 nitrogen and oxygen atoms in total. The van der Waals surface area contributed by atoms with Gasteiger partial charge in [0, 0.05) is 6.42 Å². The van der Waals surface area contributed by atoms with Crippen molar-refractivity contribution in [2.45, 2.75) is 276 Å². The van der Waals surface area contributed by atoms with Crippen LogP contribution in [-0.2, 0) is 18.4 Å². The summed E-state index contributed by atoms with van der Waals surface area (Å²) in [5.41, 5.74) is 0. The van der Waals surface area contributed by atoms with Gasteiger partial charge < -0.3 is 28.8 Å². The Morgan fingerprint density at radius 1 is 0.538 bits per heavy atom. The minimum atomic E-state index is -4.59. The third-order valence-electron chi connectivity index (χ3n) is 12.6. The molecule has 0 aromatic heterocycles. The van der Waals surface area contributed by atoms with Crippen molar-refractivity contribution in [1.82, 2.24) is 5.32 Å². The third-order valence-corrected chi connectivity index (χ3v) is 13.6. The standard InChI is InChI=1S/C56H109N2O6P/c1-6-8-10-12-14-16-18-20-22-23-24-25-26-27-28-29-30-31-32-33-34-35-36-38-40-42-44-46-48-50-56(60)57-54(53-64-65(61,62)63-52-51-58(3,4)5)55(59)49-47-45-43-41-39-37-21-19-17-15-13-11-9-7-2/h24-25,27-28,47,49,54-55,59H,6-23,26,29-46,48,50-53H2,1-5H3,(H-,57,60,61,62)/b25-24-,28-27-,49-47+. The summed E-state index contributed by atoms with van der Waals surface area (Å²) in [4.78, 5) is 25.4. The number of phosphoric acid groups is 1. The van der Waals surface area contributed by atoms with Gasteiger partial charge in [0.25, 0.3) is 7.82 Å². The Bertz CT molecular complexity index is 1150. The lowest BCUT2D eigenvalue weighted by Gasteiger charge is -2.29. The maximum Gasteiger partial charge on any atom is 0.268 e. The highest BCUT2D eigenvalue weighted by Crippen LogP contribution is 2.38. The molecule has 0 aliphatic carbocycles. The number of allylic oxidation sites excluding steroid dienone is 5. The number of nitrogens with zero attached hydrogens (tertiary/aromatic N) is 1. The zero-order valence-corrected chi connectivity index (χ0v) is 44.6. The molecule has 2 N–H and O–H groups in total. The van der Waals surface area contributed by atoms with E-state index in [1.165, 1.54) is 199 Å². The Kier molecular flexibility index (Phi) is 46.8. The monoisotopic (exact) mass is 937 g/mol. The van der Waals surface area contributed by atoms with Gasteiger partial charge in [0.15, 0.2) is 0 Å². The molecule has 65 heavy (non-hydrogen) atoms. The molecule has 0 spiro atoms. The molecule has 0 saturated carbocycles. The molecule has 3 unspecified atom stereocenters. The molecule has 0 aliphatic heterocycles. The fourth-order valence-corrected chi connectivity index (χ4v) is 8.91. The first kappa shape index (κ1) is 63.7. The largest absolute Gasteiger partial charge is 0.756 e. The number of quaternary nitrogens is 1. The Labute approximate surface area is 404 Å². The van der Waals surface area contributed by atoms with Crippen LogP contribution in [0.25, 0.3) is 0 Å². The summed E-state index contributed by atoms with van der Waals surface area (Å²) in [6.07, 6.45) is 60.7. The van der Waals surface area contributed by atoms with Crippen LogP contribution in [0.15, 0.2) is 36.5 Å². The summed E-state index contributed by atoms with van der Waals surface area (Å²) >= 11 is 0. The fraction of sp³-hybridized carbons (Fsp3) is 0.875. The van der Waals surface area contributed by atoms with Crippen LogP contribution in [0.1, 0.15) is 264 Å². The molecule has 9 heteroatoms. The van der Waals surface area contributed by atoms with E-state index in [1.54, 1.807) is 6.08 Å². The molecule has 0 fully saturated rings. The molecular formula is C56H109N2O6P. The van der Waals surface area contributed by atoms with E-state index in [-0.39, 0.29) is 19.1 Å². The summed E-state index contributed by atoms with van der Waals surface area (Å²) in [7, 11) is 1.27. The Balaban J connectivity index is 4.12. The normalized spacial score (nSPS) is 14.3. The van der Waals surface area contributed by atoms with E-state index in [0.29, 0.717) is 17.4 Å². The minimum absolute atomic E-state index is 0.000536. The van der Waals surface area contributed by atoms with Crippen molar-refractivity contribution in [1.29, 1.82) is 0 Å². The van der Waals surface area contributed by atoms with Crippen molar-refractivity contribution in [3.8, 4) is 0 Å². The van der Waals surface area contributed by atoms with E-state index in [9.17, 15) is 19.4 Å². The number of hydrogen-bond donors (Lipinski definition) is 2. The predicted octanol–water partition coefficient (Wildman–Crippen LogP) is 16.0. The van der Waals surface area contributed by atoms with Gasteiger partial charge in [-0.15, -0.1) is 0 Å². The number of likely N-dealkylation sites (N-methyl/N-ethyl adjacent to an activating group) is 1. The quantitative estimate of drug-likeness (QED) is 0.0272. The summed E-state index contributed by atoms with van der Waals surface area (Å²) in [6, 6.07) is -0.885. The van der Waals surface area contributed by atoms with Crippen LogP contribution >= 0.6 is 7.82 Å². The second kappa shape index (κ2) is 47.8. The molecule has 0 heterocycles. The molecular weight excluding hydrogens is 828 g/mol. The lowest BCUT2D eigenvalue weighted by Crippen LogP contribution is -2.45. The van der Waals surface area contributed by atoms with E-state index in [1.807, 2.05) is 27.2 Å². The van der Waals surface area contributed by atoms with E-state index >= 15 is 0 Å². The molecule has 1 amide bonds. The van der Waals surface area contributed by atoms with Crippen LogP contribution in [-0.4, -0.2) is 68.5 Å². The Morgan fingerprint density at radius 3 is 1.28 bits per heavy atom. The number of carbonyl (C=O) groups excluding carboxylic acids is 1. The third kappa shape index (κ3) is 50.4. The zero-order chi connectivity index (χ0) is 47.8. The maximum absolute atomic E-state index is 12.9. The van der Waals surface area contributed by atoms with Crippen molar-refractivity contribution in [2.24, 2.45) is 0 Å². The van der Waals surface area contributed by atoms with Crippen molar-refractivity contribution >= 4 is 13.7 Å². The molecule has 0 rings (SSSR count). The second-order valence-electron chi connectivity index (χ2n) is 20.3. The molecule has 0 bridgehead atoms. The number of carbonyl (C=O) groups is 1. The maximum atomic E-state index is 12.9. The summed E-state index contributed by atoms with van der Waals surface area (Å²) < 4.78 is 23.3. The number of hydrogen-bond acceptors (Lipinski definition) is 6. The van der Waals surface area contributed by atoms with E-state index in [0.717, 1.165) is 44.9 Å². The van der Waals surface area contributed by atoms with Gasteiger partial charge >= 0.3 is 0 Å². The predicted molar refractivity (Wildman–Crippen MR) is 279 cm³/mol. The number of phosphoric ester groups is 1. The van der Waals surface area contributed by atoms with Crippen molar-refractivity contribution < 1.29 is 32.9 Å². The highest BCUT2D eigenvalue weighted by Gasteiger charge is 2.23. The number of amides is 1. The first-order valence-electron chi connectivity index (χ1n) is 27.9. The first-order valence-corrected chi connectivity index (χ1v) is 29.3. The van der Waals surface area contributed by atoms with E-state index < -0.39 is 20.0 Å². The van der Waals surface area contributed by atoms with Gasteiger partial charge in [-0.2, -0.15) is 0 Å². The molecule has 0 radical (unpaired) electrons. The average molecular weight is 937 g/mol. The van der Waals surface area contributed by atoms with E-state index in [2.05, 4.69) is 43.5 Å². The molecule has 3 atom stereocenters. The van der Waals surface area contributed by atoms with Gasteiger partial charge in [0.2, 0.25) is 5.91 Å². The van der Waals surface area contributed by atoms with Crippen LogP contribution < -0.4 is 10.2 Å². The topological polar surface area (TPSA) is 108 Å². The van der Waals surface area contributed by atoms with Crippen LogP contribution in [0.4, 0.5) is 0 Å². The van der Waals surface area contributed by atoms with Crippen LogP contribution in [0, 0.1) is 0 Å². The van der Waals surface area contributed by atoms with Gasteiger partial charge in [0.1, 0.15) is 13.2 Å². The number of rotatable bonds is 51. The molecule has 0 aromatic rings. The van der Waals surface area contributed by atoms with Gasteiger partial charge in [-0.25, -0.2) is 0 Å². The molecule has 0 aliphatic rings. The summed E-state index contributed by atoms with van der Waals surface area (Å²) in [5, 5.41) is 13.8. The smallest absolute Gasteiger partial charge is 0.268 e. The van der Waals surface area contributed by atoms with Crippen LogP contribution in [0.2, 0.25) is 0 Å². The second-order valence-corrected chi connectivity index (χ2v) is 21.7. The first-order chi connectivity index (χ1) is 31.5. The number of nitrogens with one attached hydrogen (secondary N) is 1. The number of aliphatic hydroxyl groups is 1. The van der Waals surface area contributed by atoms with Crippen molar-refractivity contribution in [2.75, 3.05) is 40.9 Å². The summed E-state index contributed by atoms with van der Waals surface area (Å²) in [5.74, 6) is -0.197.